The molecule has 1 saturated heterocycles. The van der Waals surface area contributed by atoms with Crippen LogP contribution in [0.1, 0.15) is 42.8 Å². The van der Waals surface area contributed by atoms with E-state index in [2.05, 4.69) is 14.9 Å². The maximum atomic E-state index is 13.2. The van der Waals surface area contributed by atoms with E-state index in [9.17, 15) is 34.8 Å². The van der Waals surface area contributed by atoms with Gasteiger partial charge in [-0.15, -0.1) is 13.2 Å². The third kappa shape index (κ3) is 5.21. The number of aromatic amines is 1. The molecule has 1 fully saturated rings. The van der Waals surface area contributed by atoms with Crippen molar-refractivity contribution in [2.45, 2.75) is 54.7 Å². The van der Waals surface area contributed by atoms with Gasteiger partial charge in [-0.25, -0.2) is 8.42 Å². The van der Waals surface area contributed by atoms with Gasteiger partial charge in [0.25, 0.3) is 0 Å². The van der Waals surface area contributed by atoms with Crippen molar-refractivity contribution in [1.29, 1.82) is 0 Å². The number of hydrogen-bond acceptors (Lipinski definition) is 5. The number of nitrogens with zero attached hydrogens (tertiary/aromatic N) is 1. The zero-order valence-electron chi connectivity index (χ0n) is 16.0. The van der Waals surface area contributed by atoms with Crippen molar-refractivity contribution in [2.24, 2.45) is 0 Å². The second kappa shape index (κ2) is 8.10. The Morgan fingerprint density at radius 2 is 1.94 bits per heavy atom. The largest absolute Gasteiger partial charge is 0.522 e. The fourth-order valence-corrected chi connectivity index (χ4v) is 5.14. The normalized spacial score (nSPS) is 23.1. The lowest BCUT2D eigenvalue weighted by atomic mass is 9.95. The Balaban J connectivity index is 1.82. The van der Waals surface area contributed by atoms with E-state index in [0.717, 1.165) is 18.2 Å². The van der Waals surface area contributed by atoms with Crippen molar-refractivity contribution in [2.75, 3.05) is 6.61 Å². The average molecular weight is 472 g/mol. The molecule has 2 aromatic rings. The predicted octanol–water partition coefficient (Wildman–Crippen LogP) is 4.55. The molecule has 0 amide bonds. The molecule has 1 aliphatic heterocycles. The monoisotopic (exact) mass is 472 g/mol. The van der Waals surface area contributed by atoms with Crippen molar-refractivity contribution in [3.63, 3.8) is 0 Å². The fourth-order valence-electron chi connectivity index (χ4n) is 3.31. The summed E-state index contributed by atoms with van der Waals surface area (Å²) in [5, 5.41) is 6.23. The smallest absolute Gasteiger partial charge is 0.372 e. The molecule has 172 valence electrons. The fraction of sp³-hybridized carbons (Fsp3) is 0.500. The maximum Gasteiger partial charge on any atom is 0.522 e. The van der Waals surface area contributed by atoms with Gasteiger partial charge in [-0.2, -0.15) is 18.3 Å². The van der Waals surface area contributed by atoms with E-state index in [1.807, 2.05) is 0 Å². The minimum Gasteiger partial charge on any atom is -0.372 e. The summed E-state index contributed by atoms with van der Waals surface area (Å²) in [5.41, 5.74) is -0.905. The number of rotatable bonds is 5. The van der Waals surface area contributed by atoms with Crippen LogP contribution >= 0.6 is 0 Å². The summed E-state index contributed by atoms with van der Waals surface area (Å²) in [6.45, 7) is 0.558. The number of H-pyrrole nitrogens is 1. The van der Waals surface area contributed by atoms with Crippen LogP contribution in [0, 0.1) is 0 Å². The van der Waals surface area contributed by atoms with E-state index in [-0.39, 0.29) is 30.8 Å². The van der Waals surface area contributed by atoms with Crippen LogP contribution in [-0.2, 0) is 32.1 Å². The summed E-state index contributed by atoms with van der Waals surface area (Å²) in [6.07, 6.45) is -10.5. The summed E-state index contributed by atoms with van der Waals surface area (Å²) in [5.74, 6) is 0. The molecule has 0 radical (unpaired) electrons. The number of alkyl halides is 6. The molecule has 1 N–H and O–H groups in total. The average Bonchev–Trinajstić information content (AvgIpc) is 3.14. The highest BCUT2D eigenvalue weighted by Gasteiger charge is 2.46. The first-order chi connectivity index (χ1) is 14.2. The first-order valence-electron chi connectivity index (χ1n) is 9.00. The van der Waals surface area contributed by atoms with Gasteiger partial charge in [-0.05, 0) is 44.0 Å². The van der Waals surface area contributed by atoms with Crippen molar-refractivity contribution >= 4 is 9.84 Å². The summed E-state index contributed by atoms with van der Waals surface area (Å²) < 4.78 is 110. The summed E-state index contributed by atoms with van der Waals surface area (Å²) in [4.78, 5) is -0.466. The standard InChI is InChI=1S/C18H18F6N2O4S/c1-16(31(27,28)13-4-2-3-11(7-13)17(19,20)21)5-6-29-15(9-16)14-8-12(25-26-14)10-30-18(22,23)24/h2-4,7-8,15H,5-6,9-10H2,1H3,(H,25,26). The van der Waals surface area contributed by atoms with Gasteiger partial charge in [0.15, 0.2) is 9.84 Å². The van der Waals surface area contributed by atoms with Gasteiger partial charge in [0.05, 0.1) is 33.2 Å². The molecule has 1 aromatic heterocycles. The Kier molecular flexibility index (Phi) is 6.15. The summed E-state index contributed by atoms with van der Waals surface area (Å²) in [7, 11) is -4.20. The minimum atomic E-state index is -4.83. The quantitative estimate of drug-likeness (QED) is 0.646. The van der Waals surface area contributed by atoms with Gasteiger partial charge >= 0.3 is 12.5 Å². The minimum absolute atomic E-state index is 0.00365. The Labute approximate surface area is 173 Å². The van der Waals surface area contributed by atoms with Crippen LogP contribution in [-0.4, -0.2) is 36.3 Å². The number of nitrogens with one attached hydrogen (secondary N) is 1. The molecule has 6 nitrogen and oxygen atoms in total. The number of ether oxygens (including phenoxy) is 2. The predicted molar refractivity (Wildman–Crippen MR) is 94.4 cm³/mol. The lowest BCUT2D eigenvalue weighted by molar-refractivity contribution is -0.330. The van der Waals surface area contributed by atoms with Gasteiger partial charge in [0.2, 0.25) is 0 Å². The highest BCUT2D eigenvalue weighted by atomic mass is 32.2. The van der Waals surface area contributed by atoms with Crippen LogP contribution in [0.5, 0.6) is 0 Å². The molecule has 0 saturated carbocycles. The van der Waals surface area contributed by atoms with E-state index in [0.29, 0.717) is 6.07 Å². The van der Waals surface area contributed by atoms with E-state index in [4.69, 9.17) is 4.74 Å². The van der Waals surface area contributed by atoms with Crippen LogP contribution < -0.4 is 0 Å². The second-order valence-electron chi connectivity index (χ2n) is 7.34. The summed E-state index contributed by atoms with van der Waals surface area (Å²) in [6, 6.07) is 4.76. The van der Waals surface area contributed by atoms with Crippen LogP contribution in [0.4, 0.5) is 26.3 Å². The maximum absolute atomic E-state index is 13.2. The Hall–Kier alpha value is -2.12. The highest BCUT2D eigenvalue weighted by Crippen LogP contribution is 2.42. The van der Waals surface area contributed by atoms with Crippen molar-refractivity contribution in [3.8, 4) is 0 Å². The third-order valence-electron chi connectivity index (χ3n) is 5.06. The molecule has 31 heavy (non-hydrogen) atoms. The van der Waals surface area contributed by atoms with Crippen LogP contribution in [0.15, 0.2) is 35.2 Å². The number of halogens is 6. The van der Waals surface area contributed by atoms with Crippen LogP contribution in [0.25, 0.3) is 0 Å². The van der Waals surface area contributed by atoms with Crippen LogP contribution in [0.2, 0.25) is 0 Å². The molecule has 13 heteroatoms. The molecule has 0 spiro atoms. The molecule has 2 atom stereocenters. The Bertz CT molecular complexity index is 1030. The van der Waals surface area contributed by atoms with Crippen molar-refractivity contribution in [1.82, 2.24) is 10.2 Å². The lowest BCUT2D eigenvalue weighted by Gasteiger charge is -2.37. The molecule has 1 aliphatic rings. The second-order valence-corrected chi connectivity index (χ2v) is 9.81. The summed E-state index contributed by atoms with van der Waals surface area (Å²) >= 11 is 0. The number of hydrogen-bond donors (Lipinski definition) is 1. The SMILES string of the molecule is CC1(S(=O)(=O)c2cccc(C(F)(F)F)c2)CCOC(c2cc(COC(F)(F)F)[nH]n2)C1. The van der Waals surface area contributed by atoms with Gasteiger partial charge < -0.3 is 4.74 Å². The molecule has 2 unspecified atom stereocenters. The van der Waals surface area contributed by atoms with E-state index < -0.39 is 50.3 Å². The van der Waals surface area contributed by atoms with Crippen molar-refractivity contribution in [3.05, 3.63) is 47.3 Å². The number of sulfone groups is 1. The molecule has 1 aromatic carbocycles. The number of benzene rings is 1. The topological polar surface area (TPSA) is 81.3 Å². The van der Waals surface area contributed by atoms with Gasteiger partial charge in [-0.3, -0.25) is 9.84 Å². The van der Waals surface area contributed by atoms with Crippen molar-refractivity contribution < 1.29 is 44.2 Å². The molecule has 0 bridgehead atoms. The zero-order chi connectivity index (χ0) is 23.1. The molecule has 0 aliphatic carbocycles. The molecule has 2 heterocycles. The van der Waals surface area contributed by atoms with Gasteiger partial charge in [-0.1, -0.05) is 6.07 Å². The van der Waals surface area contributed by atoms with E-state index >= 15 is 0 Å². The molecular weight excluding hydrogens is 454 g/mol. The first-order valence-corrected chi connectivity index (χ1v) is 10.5. The third-order valence-corrected chi connectivity index (χ3v) is 7.60. The molecular formula is C18H18F6N2O4S. The highest BCUT2D eigenvalue weighted by molar-refractivity contribution is 7.92. The van der Waals surface area contributed by atoms with Crippen LogP contribution in [0.3, 0.4) is 0 Å². The molecule has 3 rings (SSSR count). The lowest BCUT2D eigenvalue weighted by Crippen LogP contribution is -2.42. The van der Waals surface area contributed by atoms with Gasteiger partial charge in [0, 0.05) is 6.61 Å². The van der Waals surface area contributed by atoms with E-state index in [1.54, 1.807) is 0 Å². The first kappa shape index (κ1) is 23.5. The van der Waals surface area contributed by atoms with Gasteiger partial charge in [0.1, 0.15) is 6.10 Å². The Morgan fingerprint density at radius 3 is 2.58 bits per heavy atom. The number of aromatic nitrogens is 2. The zero-order valence-corrected chi connectivity index (χ0v) is 16.9. The van der Waals surface area contributed by atoms with E-state index in [1.165, 1.54) is 13.0 Å². The Morgan fingerprint density at radius 1 is 1.23 bits per heavy atom.